The molecule has 0 atom stereocenters. The van der Waals surface area contributed by atoms with Gasteiger partial charge in [0, 0.05) is 51.1 Å². The van der Waals surface area contributed by atoms with Crippen molar-refractivity contribution in [2.24, 2.45) is 7.05 Å². The van der Waals surface area contributed by atoms with Crippen molar-refractivity contribution in [3.8, 4) is 0 Å². The van der Waals surface area contributed by atoms with Crippen molar-refractivity contribution in [1.29, 1.82) is 0 Å². The molecule has 0 aliphatic carbocycles. The van der Waals surface area contributed by atoms with Gasteiger partial charge in [0.05, 0.1) is 18.7 Å². The van der Waals surface area contributed by atoms with Gasteiger partial charge >= 0.3 is 0 Å². The zero-order chi connectivity index (χ0) is 18.3. The number of anilines is 1. The molecule has 0 unspecified atom stereocenters. The Morgan fingerprint density at radius 2 is 2.08 bits per heavy atom. The van der Waals surface area contributed by atoms with Crippen LogP contribution in [0.4, 0.5) is 5.82 Å². The zero-order valence-electron chi connectivity index (χ0n) is 15.3. The van der Waals surface area contributed by atoms with E-state index in [0.717, 1.165) is 43.1 Å². The molecular formula is C18H23N7O. The SMILES string of the molecule is Cc1cc(N2CCC(N(C)C(=O)c3cncn3C)CC2)n2nccc2n1. The molecule has 0 spiro atoms. The van der Waals surface area contributed by atoms with Gasteiger partial charge in [-0.2, -0.15) is 9.61 Å². The Morgan fingerprint density at radius 1 is 1.31 bits per heavy atom. The van der Waals surface area contributed by atoms with Gasteiger partial charge in [0.15, 0.2) is 5.65 Å². The van der Waals surface area contributed by atoms with E-state index in [1.54, 1.807) is 23.3 Å². The summed E-state index contributed by atoms with van der Waals surface area (Å²) in [6.45, 7) is 3.77. The van der Waals surface area contributed by atoms with Crippen molar-refractivity contribution in [3.63, 3.8) is 0 Å². The predicted molar refractivity (Wildman–Crippen MR) is 98.3 cm³/mol. The summed E-state index contributed by atoms with van der Waals surface area (Å²) in [5, 5.41) is 4.40. The minimum atomic E-state index is 0.0256. The summed E-state index contributed by atoms with van der Waals surface area (Å²) in [6, 6.07) is 4.22. The molecule has 1 fully saturated rings. The summed E-state index contributed by atoms with van der Waals surface area (Å²) < 4.78 is 3.65. The Bertz CT molecular complexity index is 936. The maximum atomic E-state index is 12.7. The van der Waals surface area contributed by atoms with Crippen LogP contribution in [0.25, 0.3) is 5.65 Å². The fraction of sp³-hybridized carbons (Fsp3) is 0.444. The summed E-state index contributed by atoms with van der Waals surface area (Å²) in [6.07, 6.45) is 6.90. The smallest absolute Gasteiger partial charge is 0.272 e. The summed E-state index contributed by atoms with van der Waals surface area (Å²) in [4.78, 5) is 25.4. The van der Waals surface area contributed by atoms with Crippen LogP contribution in [0, 0.1) is 6.92 Å². The predicted octanol–water partition coefficient (Wildman–Crippen LogP) is 1.51. The number of carbonyl (C=O) groups is 1. The van der Waals surface area contributed by atoms with E-state index in [1.165, 1.54) is 0 Å². The van der Waals surface area contributed by atoms with Gasteiger partial charge in [-0.25, -0.2) is 9.97 Å². The van der Waals surface area contributed by atoms with E-state index in [1.807, 2.05) is 36.5 Å². The molecule has 8 heteroatoms. The molecular weight excluding hydrogens is 330 g/mol. The van der Waals surface area contributed by atoms with Crippen LogP contribution in [-0.4, -0.2) is 61.1 Å². The Labute approximate surface area is 152 Å². The van der Waals surface area contributed by atoms with Crippen LogP contribution in [0.1, 0.15) is 29.0 Å². The van der Waals surface area contributed by atoms with E-state index in [0.29, 0.717) is 5.69 Å². The summed E-state index contributed by atoms with van der Waals surface area (Å²) >= 11 is 0. The molecule has 0 aromatic carbocycles. The molecule has 0 radical (unpaired) electrons. The van der Waals surface area contributed by atoms with Crippen LogP contribution in [-0.2, 0) is 7.05 Å². The molecule has 1 saturated heterocycles. The van der Waals surface area contributed by atoms with Crippen molar-refractivity contribution in [3.05, 3.63) is 42.2 Å². The van der Waals surface area contributed by atoms with Crippen molar-refractivity contribution < 1.29 is 4.79 Å². The fourth-order valence-corrected chi connectivity index (χ4v) is 3.64. The average Bonchev–Trinajstić information content (AvgIpc) is 3.28. The summed E-state index contributed by atoms with van der Waals surface area (Å²) in [5.74, 6) is 1.09. The van der Waals surface area contributed by atoms with Crippen molar-refractivity contribution in [2.45, 2.75) is 25.8 Å². The van der Waals surface area contributed by atoms with Gasteiger partial charge in [-0.05, 0) is 19.8 Å². The lowest BCUT2D eigenvalue weighted by Gasteiger charge is -2.37. The number of piperidine rings is 1. The minimum absolute atomic E-state index is 0.0256. The minimum Gasteiger partial charge on any atom is -0.356 e. The van der Waals surface area contributed by atoms with Gasteiger partial charge in [0.1, 0.15) is 11.5 Å². The van der Waals surface area contributed by atoms with Crippen LogP contribution in [0.3, 0.4) is 0 Å². The first-order chi connectivity index (χ1) is 12.5. The molecule has 136 valence electrons. The third-order valence-electron chi connectivity index (χ3n) is 5.16. The molecule has 26 heavy (non-hydrogen) atoms. The van der Waals surface area contributed by atoms with Gasteiger partial charge in [0.2, 0.25) is 0 Å². The van der Waals surface area contributed by atoms with E-state index in [2.05, 4.69) is 26.0 Å². The molecule has 3 aromatic rings. The number of aromatic nitrogens is 5. The van der Waals surface area contributed by atoms with Crippen LogP contribution in [0.15, 0.2) is 30.9 Å². The molecule has 4 rings (SSSR count). The number of rotatable bonds is 3. The maximum absolute atomic E-state index is 12.7. The molecule has 0 bridgehead atoms. The molecule has 0 N–H and O–H groups in total. The van der Waals surface area contributed by atoms with E-state index in [9.17, 15) is 4.79 Å². The van der Waals surface area contributed by atoms with Gasteiger partial charge in [-0.15, -0.1) is 0 Å². The number of amides is 1. The monoisotopic (exact) mass is 353 g/mol. The highest BCUT2D eigenvalue weighted by molar-refractivity contribution is 5.92. The van der Waals surface area contributed by atoms with E-state index in [4.69, 9.17) is 0 Å². The first-order valence-corrected chi connectivity index (χ1v) is 8.84. The second-order valence-electron chi connectivity index (χ2n) is 6.88. The van der Waals surface area contributed by atoms with Crippen molar-refractivity contribution in [1.82, 2.24) is 29.0 Å². The van der Waals surface area contributed by atoms with Crippen molar-refractivity contribution in [2.75, 3.05) is 25.0 Å². The van der Waals surface area contributed by atoms with Crippen LogP contribution >= 0.6 is 0 Å². The lowest BCUT2D eigenvalue weighted by atomic mass is 10.0. The Balaban J connectivity index is 1.48. The lowest BCUT2D eigenvalue weighted by Crippen LogP contribution is -2.46. The number of aryl methyl sites for hydroxylation is 2. The molecule has 3 aromatic heterocycles. The first kappa shape index (κ1) is 16.6. The second kappa shape index (κ2) is 6.44. The first-order valence-electron chi connectivity index (χ1n) is 8.84. The van der Waals surface area contributed by atoms with Gasteiger partial charge in [0.25, 0.3) is 5.91 Å². The number of hydrogen-bond donors (Lipinski definition) is 0. The summed E-state index contributed by atoms with van der Waals surface area (Å²) in [7, 11) is 3.73. The van der Waals surface area contributed by atoms with Gasteiger partial charge in [-0.1, -0.05) is 0 Å². The zero-order valence-corrected chi connectivity index (χ0v) is 15.3. The highest BCUT2D eigenvalue weighted by atomic mass is 16.2. The fourth-order valence-electron chi connectivity index (χ4n) is 3.64. The Morgan fingerprint density at radius 3 is 2.77 bits per heavy atom. The normalized spacial score (nSPS) is 15.6. The van der Waals surface area contributed by atoms with Crippen LogP contribution < -0.4 is 4.90 Å². The highest BCUT2D eigenvalue weighted by Gasteiger charge is 2.28. The lowest BCUT2D eigenvalue weighted by molar-refractivity contribution is 0.0699. The van der Waals surface area contributed by atoms with Gasteiger partial charge < -0.3 is 14.4 Å². The average molecular weight is 353 g/mol. The number of imidazole rings is 1. The quantitative estimate of drug-likeness (QED) is 0.714. The number of carbonyl (C=O) groups excluding carboxylic acids is 1. The van der Waals surface area contributed by atoms with E-state index in [-0.39, 0.29) is 11.9 Å². The van der Waals surface area contributed by atoms with Gasteiger partial charge in [-0.3, -0.25) is 4.79 Å². The molecule has 0 saturated carbocycles. The number of nitrogens with zero attached hydrogens (tertiary/aromatic N) is 7. The second-order valence-corrected chi connectivity index (χ2v) is 6.88. The van der Waals surface area contributed by atoms with Crippen molar-refractivity contribution >= 4 is 17.4 Å². The molecule has 1 aliphatic rings. The standard InChI is InChI=1S/C18H23N7O/c1-13-10-17(25-16(21-13)4-7-20-25)24-8-5-14(6-9-24)23(3)18(26)15-11-19-12-22(15)2/h4,7,10-12,14H,5-6,8-9H2,1-3H3. The largest absolute Gasteiger partial charge is 0.356 e. The molecule has 1 amide bonds. The highest BCUT2D eigenvalue weighted by Crippen LogP contribution is 2.24. The number of fused-ring (bicyclic) bond motifs is 1. The number of hydrogen-bond acceptors (Lipinski definition) is 5. The third-order valence-corrected chi connectivity index (χ3v) is 5.16. The van der Waals surface area contributed by atoms with E-state index >= 15 is 0 Å². The van der Waals surface area contributed by atoms with Crippen LogP contribution in [0.2, 0.25) is 0 Å². The summed E-state index contributed by atoms with van der Waals surface area (Å²) in [5.41, 5.74) is 2.47. The Kier molecular flexibility index (Phi) is 4.10. The molecule has 1 aliphatic heterocycles. The molecule has 4 heterocycles. The van der Waals surface area contributed by atoms with Crippen LogP contribution in [0.5, 0.6) is 0 Å². The molecule has 8 nitrogen and oxygen atoms in total. The van der Waals surface area contributed by atoms with E-state index < -0.39 is 0 Å². The maximum Gasteiger partial charge on any atom is 0.272 e. The third kappa shape index (κ3) is 2.81. The Hall–Kier alpha value is -2.90. The topological polar surface area (TPSA) is 71.6 Å².